The molecular formula is C11H6F3. The van der Waals surface area contributed by atoms with Gasteiger partial charge in [-0.1, -0.05) is 24.3 Å². The highest BCUT2D eigenvalue weighted by Gasteiger charge is 2.30. The lowest BCUT2D eigenvalue weighted by molar-refractivity contribution is -0.137. The van der Waals surface area contributed by atoms with E-state index in [0.29, 0.717) is 10.8 Å². The predicted octanol–water partition coefficient (Wildman–Crippen LogP) is 3.66. The number of halogens is 3. The topological polar surface area (TPSA) is 0 Å². The van der Waals surface area contributed by atoms with Crippen molar-refractivity contribution in [2.24, 2.45) is 0 Å². The molecule has 0 aliphatic rings. The SMILES string of the molecule is FC(F)(F)c1c[c]c2ccccc2c1. The summed E-state index contributed by atoms with van der Waals surface area (Å²) in [4.78, 5) is 0. The van der Waals surface area contributed by atoms with E-state index in [1.165, 1.54) is 0 Å². The molecule has 71 valence electrons. The number of hydrogen-bond acceptors (Lipinski definition) is 0. The summed E-state index contributed by atoms with van der Waals surface area (Å²) >= 11 is 0. The van der Waals surface area contributed by atoms with Crippen LogP contribution in [-0.4, -0.2) is 0 Å². The lowest BCUT2D eigenvalue weighted by Crippen LogP contribution is -2.04. The minimum atomic E-state index is -4.29. The minimum Gasteiger partial charge on any atom is -0.166 e. The largest absolute Gasteiger partial charge is 0.416 e. The second-order valence-electron chi connectivity index (χ2n) is 2.97. The maximum absolute atomic E-state index is 12.3. The average molecular weight is 195 g/mol. The highest BCUT2D eigenvalue weighted by Crippen LogP contribution is 2.30. The highest BCUT2D eigenvalue weighted by atomic mass is 19.4. The first-order chi connectivity index (χ1) is 6.57. The van der Waals surface area contributed by atoms with Crippen molar-refractivity contribution in [1.29, 1.82) is 0 Å². The number of alkyl halides is 3. The summed E-state index contributed by atoms with van der Waals surface area (Å²) < 4.78 is 36.9. The fourth-order valence-electron chi connectivity index (χ4n) is 1.28. The van der Waals surface area contributed by atoms with Crippen LogP contribution in [0.25, 0.3) is 10.8 Å². The van der Waals surface area contributed by atoms with E-state index in [1.807, 2.05) is 0 Å². The second-order valence-corrected chi connectivity index (χ2v) is 2.97. The lowest BCUT2D eigenvalue weighted by atomic mass is 10.1. The highest BCUT2D eigenvalue weighted by molar-refractivity contribution is 5.82. The van der Waals surface area contributed by atoms with Crippen LogP contribution in [0.2, 0.25) is 0 Å². The molecule has 2 rings (SSSR count). The first-order valence-corrected chi connectivity index (χ1v) is 4.05. The van der Waals surface area contributed by atoms with Crippen LogP contribution in [0.3, 0.4) is 0 Å². The summed E-state index contributed by atoms with van der Waals surface area (Å²) in [7, 11) is 0. The van der Waals surface area contributed by atoms with Crippen molar-refractivity contribution in [2.45, 2.75) is 6.18 Å². The standard InChI is InChI=1S/C11H6F3/c12-11(13,14)10-6-5-8-3-1-2-4-9(8)7-10/h1-4,6-7H. The summed E-state index contributed by atoms with van der Waals surface area (Å²) in [6.07, 6.45) is -4.29. The normalized spacial score (nSPS) is 11.9. The Labute approximate surface area is 79.0 Å². The average Bonchev–Trinajstić information content (AvgIpc) is 2.16. The van der Waals surface area contributed by atoms with Crippen LogP contribution >= 0.6 is 0 Å². The molecule has 0 N–H and O–H groups in total. The van der Waals surface area contributed by atoms with E-state index < -0.39 is 11.7 Å². The van der Waals surface area contributed by atoms with Crippen LogP contribution in [0.1, 0.15) is 5.56 Å². The Morgan fingerprint density at radius 2 is 1.79 bits per heavy atom. The van der Waals surface area contributed by atoms with E-state index in [1.54, 1.807) is 24.3 Å². The molecule has 0 saturated carbocycles. The molecule has 3 heteroatoms. The minimum absolute atomic E-state index is 0.558. The first-order valence-electron chi connectivity index (χ1n) is 4.05. The zero-order chi connectivity index (χ0) is 10.2. The third-order valence-corrected chi connectivity index (χ3v) is 1.98. The molecule has 0 heterocycles. The van der Waals surface area contributed by atoms with Gasteiger partial charge in [0.2, 0.25) is 0 Å². The van der Waals surface area contributed by atoms with Gasteiger partial charge in [0.25, 0.3) is 0 Å². The maximum Gasteiger partial charge on any atom is 0.416 e. The van der Waals surface area contributed by atoms with Crippen LogP contribution in [0, 0.1) is 6.07 Å². The van der Waals surface area contributed by atoms with Gasteiger partial charge in [-0.15, -0.1) is 0 Å². The van der Waals surface area contributed by atoms with Crippen LogP contribution < -0.4 is 0 Å². The molecule has 0 saturated heterocycles. The Morgan fingerprint density at radius 1 is 1.07 bits per heavy atom. The molecule has 0 aliphatic carbocycles. The predicted molar refractivity (Wildman–Crippen MR) is 47.8 cm³/mol. The molecule has 0 aliphatic heterocycles. The third-order valence-electron chi connectivity index (χ3n) is 1.98. The summed E-state index contributed by atoms with van der Waals surface area (Å²) in [5.74, 6) is 0. The van der Waals surface area contributed by atoms with Gasteiger partial charge in [0.1, 0.15) is 0 Å². The van der Waals surface area contributed by atoms with Crippen molar-refractivity contribution in [3.63, 3.8) is 0 Å². The maximum atomic E-state index is 12.3. The number of rotatable bonds is 0. The molecular weight excluding hydrogens is 189 g/mol. The fraction of sp³-hybridized carbons (Fsp3) is 0.0909. The monoisotopic (exact) mass is 195 g/mol. The molecule has 0 aromatic heterocycles. The molecule has 0 nitrogen and oxygen atoms in total. The van der Waals surface area contributed by atoms with E-state index in [0.717, 1.165) is 12.1 Å². The zero-order valence-corrected chi connectivity index (χ0v) is 7.10. The Hall–Kier alpha value is -1.51. The van der Waals surface area contributed by atoms with Crippen LogP contribution in [0.5, 0.6) is 0 Å². The van der Waals surface area contributed by atoms with Gasteiger partial charge in [0.15, 0.2) is 0 Å². The van der Waals surface area contributed by atoms with E-state index >= 15 is 0 Å². The zero-order valence-electron chi connectivity index (χ0n) is 7.10. The Morgan fingerprint density at radius 3 is 2.50 bits per heavy atom. The van der Waals surface area contributed by atoms with Gasteiger partial charge in [0, 0.05) is 0 Å². The van der Waals surface area contributed by atoms with Crippen molar-refractivity contribution in [1.82, 2.24) is 0 Å². The van der Waals surface area contributed by atoms with Crippen LogP contribution in [0.15, 0.2) is 36.4 Å². The van der Waals surface area contributed by atoms with Crippen molar-refractivity contribution >= 4 is 10.8 Å². The lowest BCUT2D eigenvalue weighted by Gasteiger charge is -2.06. The van der Waals surface area contributed by atoms with E-state index in [4.69, 9.17) is 0 Å². The molecule has 2 aromatic carbocycles. The van der Waals surface area contributed by atoms with Gasteiger partial charge >= 0.3 is 6.18 Å². The fourth-order valence-corrected chi connectivity index (χ4v) is 1.28. The van der Waals surface area contributed by atoms with Crippen LogP contribution in [-0.2, 0) is 6.18 Å². The Bertz CT molecular complexity index is 457. The van der Waals surface area contributed by atoms with E-state index in [-0.39, 0.29) is 0 Å². The molecule has 0 spiro atoms. The molecule has 1 radical (unpaired) electrons. The number of benzene rings is 2. The van der Waals surface area contributed by atoms with E-state index in [2.05, 4.69) is 6.07 Å². The second kappa shape index (κ2) is 3.01. The van der Waals surface area contributed by atoms with E-state index in [9.17, 15) is 13.2 Å². The van der Waals surface area contributed by atoms with Gasteiger partial charge in [-0.05, 0) is 29.0 Å². The van der Waals surface area contributed by atoms with Gasteiger partial charge in [-0.3, -0.25) is 0 Å². The van der Waals surface area contributed by atoms with Crippen molar-refractivity contribution in [3.05, 3.63) is 48.0 Å². The van der Waals surface area contributed by atoms with Gasteiger partial charge in [-0.2, -0.15) is 13.2 Å². The molecule has 0 fully saturated rings. The number of hydrogen-bond donors (Lipinski definition) is 0. The molecule has 0 atom stereocenters. The molecule has 2 aromatic rings. The Kier molecular flexibility index (Phi) is 1.95. The summed E-state index contributed by atoms with van der Waals surface area (Å²) in [5, 5.41) is 1.25. The van der Waals surface area contributed by atoms with Gasteiger partial charge in [0.05, 0.1) is 5.56 Å². The first kappa shape index (κ1) is 9.06. The van der Waals surface area contributed by atoms with Gasteiger partial charge in [-0.25, -0.2) is 0 Å². The molecule has 0 bridgehead atoms. The van der Waals surface area contributed by atoms with Crippen LogP contribution in [0.4, 0.5) is 13.2 Å². The smallest absolute Gasteiger partial charge is 0.166 e. The molecule has 14 heavy (non-hydrogen) atoms. The summed E-state index contributed by atoms with van der Waals surface area (Å²) in [5.41, 5.74) is -0.656. The summed E-state index contributed by atoms with van der Waals surface area (Å²) in [6, 6.07) is 11.6. The quantitative estimate of drug-likeness (QED) is 0.601. The Balaban J connectivity index is 2.63. The van der Waals surface area contributed by atoms with Crippen molar-refractivity contribution < 1.29 is 13.2 Å². The summed E-state index contributed by atoms with van der Waals surface area (Å²) in [6.45, 7) is 0. The van der Waals surface area contributed by atoms with Gasteiger partial charge < -0.3 is 0 Å². The third kappa shape index (κ3) is 1.58. The molecule has 0 unspecified atom stereocenters. The van der Waals surface area contributed by atoms with Crippen molar-refractivity contribution in [2.75, 3.05) is 0 Å². The van der Waals surface area contributed by atoms with Crippen molar-refractivity contribution in [3.8, 4) is 0 Å². The number of fused-ring (bicyclic) bond motifs is 1. The molecule has 0 amide bonds.